The Kier molecular flexibility index (Phi) is 7.14. The van der Waals surface area contributed by atoms with E-state index in [2.05, 4.69) is 34.6 Å². The molecule has 3 aromatic rings. The van der Waals surface area contributed by atoms with Crippen molar-refractivity contribution in [3.05, 3.63) is 17.4 Å². The molecule has 1 aliphatic heterocycles. The minimum absolute atomic E-state index is 0.275. The fourth-order valence-corrected chi connectivity index (χ4v) is 5.93. The number of aryl methyl sites for hydroxylation is 2. The van der Waals surface area contributed by atoms with Gasteiger partial charge in [0.25, 0.3) is 0 Å². The van der Waals surface area contributed by atoms with E-state index in [0.29, 0.717) is 24.6 Å². The van der Waals surface area contributed by atoms with E-state index in [9.17, 15) is 4.79 Å². The Morgan fingerprint density at radius 1 is 1.17 bits per heavy atom. The predicted molar refractivity (Wildman–Crippen MR) is 139 cm³/mol. The zero-order valence-corrected chi connectivity index (χ0v) is 21.6. The normalized spacial score (nSPS) is 20.6. The van der Waals surface area contributed by atoms with Crippen molar-refractivity contribution in [2.45, 2.75) is 64.0 Å². The zero-order chi connectivity index (χ0) is 24.4. The first kappa shape index (κ1) is 23.9. The number of thiazole rings is 1. The summed E-state index contributed by atoms with van der Waals surface area (Å²) in [4.78, 5) is 32.0. The smallest absolute Gasteiger partial charge is 0.236 e. The van der Waals surface area contributed by atoms with Crippen LogP contribution in [0.1, 0.15) is 50.5 Å². The van der Waals surface area contributed by atoms with Crippen molar-refractivity contribution in [3.63, 3.8) is 0 Å². The third-order valence-electron chi connectivity index (χ3n) is 7.07. The highest BCUT2D eigenvalue weighted by Crippen LogP contribution is 2.31. The van der Waals surface area contributed by atoms with Crippen LogP contribution in [0.4, 0.5) is 17.5 Å². The Morgan fingerprint density at radius 2 is 1.94 bits per heavy atom. The average molecular weight is 498 g/mol. The Morgan fingerprint density at radius 3 is 2.63 bits per heavy atom. The van der Waals surface area contributed by atoms with E-state index in [4.69, 9.17) is 15.0 Å². The molecule has 10 nitrogen and oxygen atoms in total. The van der Waals surface area contributed by atoms with Crippen molar-refractivity contribution in [1.82, 2.24) is 34.5 Å². The number of amides is 1. The predicted octanol–water partition coefficient (Wildman–Crippen LogP) is 3.40. The van der Waals surface area contributed by atoms with E-state index >= 15 is 0 Å². The maximum absolute atomic E-state index is 12.6. The van der Waals surface area contributed by atoms with Gasteiger partial charge in [-0.15, -0.1) is 0 Å². The molecule has 4 heterocycles. The van der Waals surface area contributed by atoms with E-state index in [-0.39, 0.29) is 5.91 Å². The van der Waals surface area contributed by atoms with Crippen molar-refractivity contribution in [2.24, 2.45) is 7.05 Å². The molecule has 2 N–H and O–H groups in total. The van der Waals surface area contributed by atoms with Gasteiger partial charge in [-0.1, -0.05) is 18.3 Å². The number of nitrogens with one attached hydrogen (secondary N) is 2. The molecular formula is C24H35N9OS. The lowest BCUT2D eigenvalue weighted by Gasteiger charge is -2.35. The van der Waals surface area contributed by atoms with Crippen LogP contribution in [-0.2, 0) is 18.3 Å². The number of hydrogen-bond acceptors (Lipinski definition) is 9. The standard InChI is InChI=1S/C24H35N9OS/c1-4-19-28-21-22(29-24(30-23(21)35-19)27-17-13-25-32(3)14-17)26-16-7-9-18(10-8-16)31(2)15-20(34)33-11-5-6-12-33/h13-14,16,18H,4-12,15H2,1-3H3,(H2,26,27,29,30)/t16-,18-. The Balaban J connectivity index is 1.24. The minimum Gasteiger partial charge on any atom is -0.365 e. The molecule has 0 unspecified atom stereocenters. The summed E-state index contributed by atoms with van der Waals surface area (Å²) < 4.78 is 1.75. The fraction of sp³-hybridized carbons (Fsp3) is 0.625. The molecule has 188 valence electrons. The van der Waals surface area contributed by atoms with Gasteiger partial charge in [0, 0.05) is 38.4 Å². The molecule has 35 heavy (non-hydrogen) atoms. The third kappa shape index (κ3) is 5.56. The van der Waals surface area contributed by atoms with Crippen LogP contribution in [-0.4, -0.2) is 79.2 Å². The lowest BCUT2D eigenvalue weighted by molar-refractivity contribution is -0.131. The summed E-state index contributed by atoms with van der Waals surface area (Å²) in [7, 11) is 3.98. The molecular weight excluding hydrogens is 462 g/mol. The van der Waals surface area contributed by atoms with E-state index in [0.717, 1.165) is 84.9 Å². The lowest BCUT2D eigenvalue weighted by Crippen LogP contribution is -2.44. The summed E-state index contributed by atoms with van der Waals surface area (Å²) in [5, 5.41) is 12.2. The summed E-state index contributed by atoms with van der Waals surface area (Å²) in [5.74, 6) is 1.61. The molecule has 0 spiro atoms. The number of likely N-dealkylation sites (N-methyl/N-ethyl adjacent to an activating group) is 1. The van der Waals surface area contributed by atoms with Gasteiger partial charge >= 0.3 is 0 Å². The van der Waals surface area contributed by atoms with E-state index in [1.165, 1.54) is 0 Å². The molecule has 3 aromatic heterocycles. The van der Waals surface area contributed by atoms with Crippen LogP contribution in [0, 0.1) is 0 Å². The number of carbonyl (C=O) groups is 1. The van der Waals surface area contributed by atoms with Crippen LogP contribution < -0.4 is 10.6 Å². The summed E-state index contributed by atoms with van der Waals surface area (Å²) in [6, 6.07) is 0.767. The SMILES string of the molecule is CCc1nc2c(N[C@H]3CC[C@H](N(C)CC(=O)N4CCCC4)CC3)nc(Nc3cnn(C)c3)nc2s1. The summed E-state index contributed by atoms with van der Waals surface area (Å²) in [5.41, 5.74) is 1.70. The molecule has 1 amide bonds. The number of anilines is 3. The topological polar surface area (TPSA) is 104 Å². The highest BCUT2D eigenvalue weighted by Gasteiger charge is 2.28. The van der Waals surface area contributed by atoms with Gasteiger partial charge in [0.05, 0.1) is 23.4 Å². The van der Waals surface area contributed by atoms with Gasteiger partial charge in [0.1, 0.15) is 5.52 Å². The van der Waals surface area contributed by atoms with Gasteiger partial charge in [-0.25, -0.2) is 4.98 Å². The van der Waals surface area contributed by atoms with Crippen LogP contribution in [0.3, 0.4) is 0 Å². The minimum atomic E-state index is 0.275. The molecule has 1 aliphatic carbocycles. The van der Waals surface area contributed by atoms with Crippen molar-refractivity contribution >= 4 is 45.0 Å². The van der Waals surface area contributed by atoms with Gasteiger partial charge < -0.3 is 15.5 Å². The Hall–Kier alpha value is -2.79. The molecule has 0 atom stereocenters. The van der Waals surface area contributed by atoms with Crippen LogP contribution in [0.5, 0.6) is 0 Å². The van der Waals surface area contributed by atoms with Crippen LogP contribution in [0.2, 0.25) is 0 Å². The zero-order valence-electron chi connectivity index (χ0n) is 20.8. The molecule has 1 saturated carbocycles. The van der Waals surface area contributed by atoms with Crippen LogP contribution >= 0.6 is 11.3 Å². The van der Waals surface area contributed by atoms with Gasteiger partial charge in [0.15, 0.2) is 10.6 Å². The number of likely N-dealkylation sites (tertiary alicyclic amines) is 1. The number of nitrogens with zero attached hydrogens (tertiary/aromatic N) is 7. The fourth-order valence-electron chi connectivity index (χ4n) is 5.05. The van der Waals surface area contributed by atoms with Gasteiger partial charge in [-0.05, 0) is 52.0 Å². The number of aromatic nitrogens is 5. The molecule has 0 bridgehead atoms. The Labute approximate surface area is 210 Å². The second kappa shape index (κ2) is 10.4. The maximum Gasteiger partial charge on any atom is 0.236 e. The Bertz CT molecular complexity index is 1160. The second-order valence-electron chi connectivity index (χ2n) is 9.69. The number of rotatable bonds is 8. The molecule has 1 saturated heterocycles. The van der Waals surface area contributed by atoms with Crippen molar-refractivity contribution < 1.29 is 4.79 Å². The first-order valence-corrected chi connectivity index (χ1v) is 13.5. The van der Waals surface area contributed by atoms with Gasteiger partial charge in [-0.3, -0.25) is 14.4 Å². The summed E-state index contributed by atoms with van der Waals surface area (Å²) in [6.45, 7) is 4.48. The first-order chi connectivity index (χ1) is 17.0. The van der Waals surface area contributed by atoms with Gasteiger partial charge in [0.2, 0.25) is 11.9 Å². The van der Waals surface area contributed by atoms with Crippen LogP contribution in [0.25, 0.3) is 10.3 Å². The molecule has 5 rings (SSSR count). The molecule has 0 radical (unpaired) electrons. The molecule has 2 aliphatic rings. The van der Waals surface area contributed by atoms with Crippen molar-refractivity contribution in [3.8, 4) is 0 Å². The van der Waals surface area contributed by atoms with E-state index in [1.807, 2.05) is 18.1 Å². The van der Waals surface area contributed by atoms with Crippen LogP contribution in [0.15, 0.2) is 12.4 Å². The number of fused-ring (bicyclic) bond motifs is 1. The third-order valence-corrected chi connectivity index (χ3v) is 8.16. The molecule has 2 fully saturated rings. The largest absolute Gasteiger partial charge is 0.365 e. The number of carbonyl (C=O) groups excluding carboxylic acids is 1. The number of hydrogen-bond donors (Lipinski definition) is 2. The molecule has 11 heteroatoms. The summed E-state index contributed by atoms with van der Waals surface area (Å²) in [6.07, 6.45) is 11.0. The highest BCUT2D eigenvalue weighted by molar-refractivity contribution is 7.18. The maximum atomic E-state index is 12.6. The monoisotopic (exact) mass is 497 g/mol. The van der Waals surface area contributed by atoms with Crippen molar-refractivity contribution in [1.29, 1.82) is 0 Å². The second-order valence-corrected chi connectivity index (χ2v) is 10.8. The van der Waals surface area contributed by atoms with E-state index in [1.54, 1.807) is 22.2 Å². The highest BCUT2D eigenvalue weighted by atomic mass is 32.1. The van der Waals surface area contributed by atoms with Crippen molar-refractivity contribution in [2.75, 3.05) is 37.3 Å². The quantitative estimate of drug-likeness (QED) is 0.488. The first-order valence-electron chi connectivity index (χ1n) is 12.7. The van der Waals surface area contributed by atoms with E-state index < -0.39 is 0 Å². The average Bonchev–Trinajstić information content (AvgIpc) is 3.60. The lowest BCUT2D eigenvalue weighted by atomic mass is 9.90. The molecule has 0 aromatic carbocycles. The van der Waals surface area contributed by atoms with Gasteiger partial charge in [-0.2, -0.15) is 15.1 Å². The summed E-state index contributed by atoms with van der Waals surface area (Å²) >= 11 is 1.62.